The molecule has 27 heavy (non-hydrogen) atoms. The van der Waals surface area contributed by atoms with Crippen molar-refractivity contribution in [3.8, 4) is 22.9 Å². The number of methoxy groups -OCH3 is 2. The van der Waals surface area contributed by atoms with E-state index in [-0.39, 0.29) is 0 Å². The van der Waals surface area contributed by atoms with Gasteiger partial charge >= 0.3 is 0 Å². The molecule has 0 unspecified atom stereocenters. The second-order valence-electron chi connectivity index (χ2n) is 6.05. The first kappa shape index (κ1) is 19.0. The normalized spacial score (nSPS) is 10.6. The van der Waals surface area contributed by atoms with E-state index in [9.17, 15) is 0 Å². The Hall–Kier alpha value is -2.73. The number of hydrogen-bond acceptors (Lipinski definition) is 5. The molecule has 1 heterocycles. The highest BCUT2D eigenvalue weighted by molar-refractivity contribution is 7.98. The first-order valence-electron chi connectivity index (χ1n) is 8.61. The number of aromatic nitrogens is 3. The summed E-state index contributed by atoms with van der Waals surface area (Å²) < 4.78 is 12.8. The molecule has 3 aromatic rings. The van der Waals surface area contributed by atoms with Crippen molar-refractivity contribution < 1.29 is 9.47 Å². The van der Waals surface area contributed by atoms with E-state index in [1.807, 2.05) is 24.3 Å². The summed E-state index contributed by atoms with van der Waals surface area (Å²) in [7, 11) is 3.25. The molecular formula is C21H23N3O2S. The quantitative estimate of drug-likeness (QED) is 0.416. The van der Waals surface area contributed by atoms with E-state index >= 15 is 0 Å². The van der Waals surface area contributed by atoms with Crippen LogP contribution in [0.4, 0.5) is 0 Å². The average molecular weight is 382 g/mol. The largest absolute Gasteiger partial charge is 0.493 e. The van der Waals surface area contributed by atoms with Crippen LogP contribution in [-0.4, -0.2) is 29.0 Å². The highest BCUT2D eigenvalue weighted by atomic mass is 32.2. The van der Waals surface area contributed by atoms with Gasteiger partial charge in [-0.15, -0.1) is 16.8 Å². The van der Waals surface area contributed by atoms with Gasteiger partial charge in [-0.05, 0) is 30.7 Å². The smallest absolute Gasteiger partial charge is 0.192 e. The fourth-order valence-corrected chi connectivity index (χ4v) is 3.72. The monoisotopic (exact) mass is 381 g/mol. The number of rotatable bonds is 8. The predicted octanol–water partition coefficient (Wildman–Crippen LogP) is 4.75. The van der Waals surface area contributed by atoms with Gasteiger partial charge in [0.05, 0.1) is 14.2 Å². The van der Waals surface area contributed by atoms with Gasteiger partial charge in [-0.3, -0.25) is 4.57 Å². The lowest BCUT2D eigenvalue weighted by Gasteiger charge is -2.11. The number of hydrogen-bond donors (Lipinski definition) is 0. The summed E-state index contributed by atoms with van der Waals surface area (Å²) in [4.78, 5) is 0. The van der Waals surface area contributed by atoms with E-state index < -0.39 is 0 Å². The van der Waals surface area contributed by atoms with E-state index in [4.69, 9.17) is 9.47 Å². The van der Waals surface area contributed by atoms with Crippen LogP contribution in [0.2, 0.25) is 0 Å². The fourth-order valence-electron chi connectivity index (χ4n) is 2.83. The Morgan fingerprint density at radius 2 is 1.89 bits per heavy atom. The summed E-state index contributed by atoms with van der Waals surface area (Å²) in [5.41, 5.74) is 3.44. The van der Waals surface area contributed by atoms with Crippen LogP contribution in [0, 0.1) is 6.92 Å². The molecule has 0 aliphatic carbocycles. The van der Waals surface area contributed by atoms with Crippen LogP contribution in [-0.2, 0) is 12.3 Å². The Morgan fingerprint density at radius 3 is 2.59 bits per heavy atom. The Morgan fingerprint density at radius 1 is 1.07 bits per heavy atom. The number of thioether (sulfide) groups is 1. The summed E-state index contributed by atoms with van der Waals surface area (Å²) >= 11 is 1.67. The third-order valence-corrected chi connectivity index (χ3v) is 5.16. The Balaban J connectivity index is 1.90. The van der Waals surface area contributed by atoms with Crippen molar-refractivity contribution in [1.29, 1.82) is 0 Å². The minimum absolute atomic E-state index is 0.632. The second-order valence-corrected chi connectivity index (χ2v) is 7.00. The van der Waals surface area contributed by atoms with Gasteiger partial charge in [0, 0.05) is 17.9 Å². The summed E-state index contributed by atoms with van der Waals surface area (Å²) in [6.45, 7) is 6.60. The second kappa shape index (κ2) is 8.77. The van der Waals surface area contributed by atoms with Crippen LogP contribution in [0.1, 0.15) is 11.1 Å². The van der Waals surface area contributed by atoms with Crippen LogP contribution in [0.5, 0.6) is 11.5 Å². The summed E-state index contributed by atoms with van der Waals surface area (Å²) in [6.07, 6.45) is 1.85. The van der Waals surface area contributed by atoms with Gasteiger partial charge in [0.15, 0.2) is 22.5 Å². The Labute approximate surface area is 164 Å². The third kappa shape index (κ3) is 4.34. The highest BCUT2D eigenvalue weighted by Gasteiger charge is 2.16. The molecule has 5 nitrogen and oxygen atoms in total. The molecule has 0 aliphatic heterocycles. The van der Waals surface area contributed by atoms with E-state index in [0.717, 1.165) is 22.3 Å². The molecule has 0 spiro atoms. The molecule has 6 heteroatoms. The third-order valence-electron chi connectivity index (χ3n) is 4.12. The van der Waals surface area contributed by atoms with Crippen LogP contribution >= 0.6 is 11.8 Å². The summed E-state index contributed by atoms with van der Waals surface area (Å²) in [6, 6.07) is 14.2. The number of aryl methyl sites for hydroxylation is 1. The average Bonchev–Trinajstić information content (AvgIpc) is 3.09. The molecule has 140 valence electrons. The number of nitrogens with zero attached hydrogens (tertiary/aromatic N) is 3. The standard InChI is InChI=1S/C21H23N3O2S/c1-5-11-24-20(17-9-10-18(25-3)19(13-17)26-4)22-23-21(24)27-14-16-8-6-7-15(2)12-16/h5-10,12-13H,1,11,14H2,2-4H3. The van der Waals surface area contributed by atoms with Gasteiger partial charge < -0.3 is 9.47 Å². The molecule has 1 aromatic heterocycles. The lowest BCUT2D eigenvalue weighted by atomic mass is 10.2. The molecule has 0 radical (unpaired) electrons. The van der Waals surface area contributed by atoms with Crippen LogP contribution in [0.15, 0.2) is 60.3 Å². The molecule has 3 rings (SSSR count). The van der Waals surface area contributed by atoms with E-state index in [0.29, 0.717) is 18.0 Å². The lowest BCUT2D eigenvalue weighted by Crippen LogP contribution is -2.01. The Kier molecular flexibility index (Phi) is 6.19. The van der Waals surface area contributed by atoms with Gasteiger partial charge in [-0.25, -0.2) is 0 Å². The van der Waals surface area contributed by atoms with Crippen molar-refractivity contribution in [1.82, 2.24) is 14.8 Å². The SMILES string of the molecule is C=CCn1c(SCc2cccc(C)c2)nnc1-c1ccc(OC)c(OC)c1. The minimum atomic E-state index is 0.632. The molecule has 0 saturated heterocycles. The predicted molar refractivity (Wildman–Crippen MR) is 109 cm³/mol. The minimum Gasteiger partial charge on any atom is -0.493 e. The molecule has 0 aliphatic rings. The molecular weight excluding hydrogens is 358 g/mol. The zero-order valence-electron chi connectivity index (χ0n) is 15.8. The van der Waals surface area contributed by atoms with Crippen molar-refractivity contribution in [3.05, 3.63) is 66.2 Å². The van der Waals surface area contributed by atoms with Gasteiger partial charge in [0.25, 0.3) is 0 Å². The topological polar surface area (TPSA) is 49.2 Å². The maximum Gasteiger partial charge on any atom is 0.192 e. The number of ether oxygens (including phenoxy) is 2. The fraction of sp³-hybridized carbons (Fsp3) is 0.238. The number of benzene rings is 2. The van der Waals surface area contributed by atoms with Crippen molar-refractivity contribution in [2.24, 2.45) is 0 Å². The molecule has 2 aromatic carbocycles. The van der Waals surface area contributed by atoms with E-state index in [2.05, 4.69) is 52.5 Å². The van der Waals surface area contributed by atoms with Gasteiger partial charge in [-0.2, -0.15) is 0 Å². The van der Waals surface area contributed by atoms with Crippen LogP contribution in [0.3, 0.4) is 0 Å². The molecule has 0 N–H and O–H groups in total. The summed E-state index contributed by atoms with van der Waals surface area (Å²) in [5, 5.41) is 9.68. The van der Waals surface area contributed by atoms with Crippen molar-refractivity contribution in [2.75, 3.05) is 14.2 Å². The van der Waals surface area contributed by atoms with E-state index in [1.165, 1.54) is 11.1 Å². The molecule has 0 saturated carbocycles. The molecule has 0 atom stereocenters. The molecule has 0 bridgehead atoms. The lowest BCUT2D eigenvalue weighted by molar-refractivity contribution is 0.355. The van der Waals surface area contributed by atoms with Gasteiger partial charge in [0.1, 0.15) is 0 Å². The number of allylic oxidation sites excluding steroid dienone is 1. The van der Waals surface area contributed by atoms with Gasteiger partial charge in [-0.1, -0.05) is 47.7 Å². The highest BCUT2D eigenvalue weighted by Crippen LogP contribution is 2.33. The molecule has 0 amide bonds. The van der Waals surface area contributed by atoms with Crippen LogP contribution in [0.25, 0.3) is 11.4 Å². The van der Waals surface area contributed by atoms with Crippen LogP contribution < -0.4 is 9.47 Å². The first-order chi connectivity index (χ1) is 13.2. The zero-order valence-corrected chi connectivity index (χ0v) is 16.6. The van der Waals surface area contributed by atoms with Crippen molar-refractivity contribution >= 4 is 11.8 Å². The zero-order chi connectivity index (χ0) is 19.2. The summed E-state index contributed by atoms with van der Waals surface area (Å²) in [5.74, 6) is 2.97. The van der Waals surface area contributed by atoms with Crippen molar-refractivity contribution in [2.45, 2.75) is 24.4 Å². The maximum absolute atomic E-state index is 5.41. The van der Waals surface area contributed by atoms with E-state index in [1.54, 1.807) is 26.0 Å². The first-order valence-corrected chi connectivity index (χ1v) is 9.59. The molecule has 0 fully saturated rings. The Bertz CT molecular complexity index is 937. The maximum atomic E-state index is 5.41. The van der Waals surface area contributed by atoms with Crippen molar-refractivity contribution in [3.63, 3.8) is 0 Å². The van der Waals surface area contributed by atoms with Gasteiger partial charge in [0.2, 0.25) is 0 Å².